The number of allylic oxidation sites excluding steroid dienone is 1. The van der Waals surface area contributed by atoms with Crippen molar-refractivity contribution in [3.8, 4) is 0 Å². The van der Waals surface area contributed by atoms with Crippen LogP contribution in [0.3, 0.4) is 0 Å². The van der Waals surface area contributed by atoms with E-state index in [1.165, 1.54) is 18.4 Å². The SMILES string of the molecule is C=C1CCC[C@]2(C)C[C@H]3OC(=O)[C@H](C[NH2+][C@H](CC)CO)[C@H]3C[C@H]12. The summed E-state index contributed by atoms with van der Waals surface area (Å²) in [5.74, 6) is 0.856. The van der Waals surface area contributed by atoms with Gasteiger partial charge in [0.05, 0.1) is 13.2 Å². The minimum atomic E-state index is -0.0168. The second-order valence-electron chi connectivity index (χ2n) is 8.23. The third-order valence-electron chi connectivity index (χ3n) is 6.80. The minimum absolute atomic E-state index is 0.0140. The highest BCUT2D eigenvalue weighted by atomic mass is 16.6. The number of esters is 1. The van der Waals surface area contributed by atoms with Gasteiger partial charge in [-0.15, -0.1) is 0 Å². The molecule has 3 aliphatic rings. The largest absolute Gasteiger partial charge is 0.462 e. The summed E-state index contributed by atoms with van der Waals surface area (Å²) in [4.78, 5) is 12.4. The molecule has 23 heavy (non-hydrogen) atoms. The van der Waals surface area contributed by atoms with Gasteiger partial charge in [-0.3, -0.25) is 4.79 Å². The molecule has 1 aliphatic heterocycles. The lowest BCUT2D eigenvalue weighted by Crippen LogP contribution is -2.92. The van der Waals surface area contributed by atoms with Gasteiger partial charge in [-0.25, -0.2) is 0 Å². The maximum absolute atomic E-state index is 12.4. The Labute approximate surface area is 139 Å². The van der Waals surface area contributed by atoms with Crippen molar-refractivity contribution in [3.05, 3.63) is 12.2 Å². The Balaban J connectivity index is 1.71. The zero-order valence-corrected chi connectivity index (χ0v) is 14.6. The fourth-order valence-corrected chi connectivity index (χ4v) is 5.24. The average Bonchev–Trinajstić information content (AvgIpc) is 2.81. The summed E-state index contributed by atoms with van der Waals surface area (Å²) in [6, 6.07) is 0.195. The molecule has 0 amide bonds. The van der Waals surface area contributed by atoms with Crippen LogP contribution < -0.4 is 5.32 Å². The van der Waals surface area contributed by atoms with Crippen LogP contribution in [0.1, 0.15) is 52.4 Å². The van der Waals surface area contributed by atoms with Crippen LogP contribution in [0.15, 0.2) is 12.2 Å². The Morgan fingerprint density at radius 3 is 3.00 bits per heavy atom. The molecule has 1 heterocycles. The maximum atomic E-state index is 12.4. The second kappa shape index (κ2) is 6.56. The molecule has 3 rings (SSSR count). The van der Waals surface area contributed by atoms with Gasteiger partial charge in [-0.1, -0.05) is 26.0 Å². The number of quaternary nitrogens is 1. The molecular formula is C19H32NO3+. The molecule has 0 radical (unpaired) electrons. The van der Waals surface area contributed by atoms with Crippen molar-refractivity contribution in [2.75, 3.05) is 13.2 Å². The standard InChI is InChI=1S/C19H31NO3/c1-4-13(11-21)20-10-15-14-8-16-12(2)6-5-7-19(16,3)9-17(14)23-18(15)22/h13-17,20-21H,2,4-11H2,1,3H3/p+1/t13-,14-,15-,16-,17-,19-/m1/s1. The smallest absolute Gasteiger partial charge is 0.315 e. The van der Waals surface area contributed by atoms with Gasteiger partial charge in [-0.2, -0.15) is 0 Å². The van der Waals surface area contributed by atoms with Crippen molar-refractivity contribution in [2.45, 2.75) is 64.5 Å². The summed E-state index contributed by atoms with van der Waals surface area (Å²) in [6.45, 7) is 9.69. The number of fused-ring (bicyclic) bond motifs is 2. The highest BCUT2D eigenvalue weighted by Gasteiger charge is 2.55. The molecule has 6 atom stereocenters. The van der Waals surface area contributed by atoms with E-state index in [0.29, 0.717) is 11.8 Å². The molecule has 3 fully saturated rings. The molecule has 0 unspecified atom stereocenters. The summed E-state index contributed by atoms with van der Waals surface area (Å²) in [7, 11) is 0. The molecule has 0 aromatic heterocycles. The minimum Gasteiger partial charge on any atom is -0.462 e. The summed E-state index contributed by atoms with van der Waals surface area (Å²) in [5, 5.41) is 11.5. The lowest BCUT2D eigenvalue weighted by molar-refractivity contribution is -0.695. The number of carbonyl (C=O) groups excluding carboxylic acids is 1. The third kappa shape index (κ3) is 3.08. The molecule has 4 heteroatoms. The molecular weight excluding hydrogens is 290 g/mol. The van der Waals surface area contributed by atoms with E-state index in [0.717, 1.165) is 32.2 Å². The van der Waals surface area contributed by atoms with E-state index in [9.17, 15) is 9.90 Å². The first-order valence-corrected chi connectivity index (χ1v) is 9.31. The van der Waals surface area contributed by atoms with Gasteiger partial charge in [-0.05, 0) is 49.9 Å². The molecule has 2 aliphatic carbocycles. The van der Waals surface area contributed by atoms with Gasteiger partial charge in [0.15, 0.2) is 0 Å². The van der Waals surface area contributed by atoms with E-state index in [4.69, 9.17) is 4.74 Å². The maximum Gasteiger partial charge on any atom is 0.315 e. The Morgan fingerprint density at radius 1 is 1.52 bits per heavy atom. The zero-order valence-electron chi connectivity index (χ0n) is 14.6. The summed E-state index contributed by atoms with van der Waals surface area (Å²) in [6.07, 6.45) is 6.68. The van der Waals surface area contributed by atoms with E-state index in [-0.39, 0.29) is 36.1 Å². The Bertz CT molecular complexity index is 473. The van der Waals surface area contributed by atoms with Gasteiger partial charge in [0, 0.05) is 5.92 Å². The second-order valence-corrected chi connectivity index (χ2v) is 8.23. The van der Waals surface area contributed by atoms with Gasteiger partial charge >= 0.3 is 5.97 Å². The quantitative estimate of drug-likeness (QED) is 0.597. The van der Waals surface area contributed by atoms with Crippen molar-refractivity contribution in [3.63, 3.8) is 0 Å². The molecule has 0 aromatic carbocycles. The van der Waals surface area contributed by atoms with Gasteiger partial charge in [0.25, 0.3) is 0 Å². The summed E-state index contributed by atoms with van der Waals surface area (Å²) >= 11 is 0. The van der Waals surface area contributed by atoms with Crippen LogP contribution in [-0.2, 0) is 9.53 Å². The molecule has 0 bridgehead atoms. The van der Waals surface area contributed by atoms with Crippen LogP contribution in [0.5, 0.6) is 0 Å². The monoisotopic (exact) mass is 322 g/mol. The molecule has 4 nitrogen and oxygen atoms in total. The number of rotatable bonds is 5. The predicted octanol–water partition coefficient (Wildman–Crippen LogP) is 1.63. The Morgan fingerprint density at radius 2 is 2.30 bits per heavy atom. The third-order valence-corrected chi connectivity index (χ3v) is 6.80. The van der Waals surface area contributed by atoms with E-state index < -0.39 is 0 Å². The lowest BCUT2D eigenvalue weighted by atomic mass is 9.55. The van der Waals surface area contributed by atoms with Gasteiger partial charge in [0.2, 0.25) is 0 Å². The van der Waals surface area contributed by atoms with Crippen LogP contribution >= 0.6 is 0 Å². The highest BCUT2D eigenvalue weighted by molar-refractivity contribution is 5.75. The number of hydrogen-bond acceptors (Lipinski definition) is 3. The first kappa shape index (κ1) is 17.0. The topological polar surface area (TPSA) is 63.1 Å². The highest BCUT2D eigenvalue weighted by Crippen LogP contribution is 2.56. The van der Waals surface area contributed by atoms with Gasteiger partial charge < -0.3 is 15.2 Å². The molecule has 2 saturated carbocycles. The van der Waals surface area contributed by atoms with Crippen LogP contribution in [0.4, 0.5) is 0 Å². The number of nitrogens with two attached hydrogens (primary N) is 1. The predicted molar refractivity (Wildman–Crippen MR) is 88.6 cm³/mol. The molecule has 3 N–H and O–H groups in total. The zero-order chi connectivity index (χ0) is 16.6. The van der Waals surface area contributed by atoms with E-state index in [1.54, 1.807) is 0 Å². The average molecular weight is 322 g/mol. The number of aliphatic hydroxyl groups is 1. The summed E-state index contributed by atoms with van der Waals surface area (Å²) < 4.78 is 5.78. The Hall–Kier alpha value is -0.870. The van der Waals surface area contributed by atoms with Crippen molar-refractivity contribution >= 4 is 5.97 Å². The van der Waals surface area contributed by atoms with Crippen molar-refractivity contribution < 1.29 is 20.0 Å². The number of ether oxygens (including phenoxy) is 1. The molecule has 0 aromatic rings. The van der Waals surface area contributed by atoms with Crippen molar-refractivity contribution in [1.82, 2.24) is 0 Å². The van der Waals surface area contributed by atoms with Crippen LogP contribution in [-0.4, -0.2) is 36.4 Å². The number of aliphatic hydroxyl groups excluding tert-OH is 1. The van der Waals surface area contributed by atoms with Crippen molar-refractivity contribution in [2.24, 2.45) is 23.2 Å². The molecule has 0 spiro atoms. The van der Waals surface area contributed by atoms with Crippen LogP contribution in [0.25, 0.3) is 0 Å². The molecule has 1 saturated heterocycles. The molecule has 130 valence electrons. The van der Waals surface area contributed by atoms with E-state index in [2.05, 4.69) is 25.7 Å². The van der Waals surface area contributed by atoms with Crippen molar-refractivity contribution in [1.29, 1.82) is 0 Å². The Kier molecular flexibility index (Phi) is 4.84. The van der Waals surface area contributed by atoms with E-state index >= 15 is 0 Å². The summed E-state index contributed by atoms with van der Waals surface area (Å²) in [5.41, 5.74) is 1.66. The normalized spacial score (nSPS) is 41.2. The van der Waals surface area contributed by atoms with Crippen LogP contribution in [0, 0.1) is 23.2 Å². The number of carbonyl (C=O) groups is 1. The number of hydrogen-bond donors (Lipinski definition) is 2. The fraction of sp³-hybridized carbons (Fsp3) is 0.842. The fourth-order valence-electron chi connectivity index (χ4n) is 5.24. The van der Waals surface area contributed by atoms with E-state index in [1.807, 2.05) is 0 Å². The first-order chi connectivity index (χ1) is 11.0. The van der Waals surface area contributed by atoms with Gasteiger partial charge in [0.1, 0.15) is 18.1 Å². The lowest BCUT2D eigenvalue weighted by Gasteiger charge is -2.49. The first-order valence-electron chi connectivity index (χ1n) is 9.31. The van der Waals surface area contributed by atoms with Crippen LogP contribution in [0.2, 0.25) is 0 Å².